The Bertz CT molecular complexity index is 1330. The van der Waals surface area contributed by atoms with Gasteiger partial charge in [0.15, 0.2) is 17.2 Å². The van der Waals surface area contributed by atoms with Gasteiger partial charge in [-0.2, -0.15) is 22.0 Å². The van der Waals surface area contributed by atoms with Crippen LogP contribution in [0, 0.1) is 18.6 Å². The van der Waals surface area contributed by atoms with Crippen LogP contribution in [0.2, 0.25) is 0 Å². The third kappa shape index (κ3) is 5.64. The summed E-state index contributed by atoms with van der Waals surface area (Å²) in [4.78, 5) is 28.0. The van der Waals surface area contributed by atoms with Crippen molar-refractivity contribution in [1.29, 1.82) is 0 Å². The molecule has 0 saturated heterocycles. The molecule has 0 radical (unpaired) electrons. The molecule has 9 nitrogen and oxygen atoms in total. The van der Waals surface area contributed by atoms with Gasteiger partial charge in [-0.05, 0) is 50.6 Å². The minimum absolute atomic E-state index is 0.0491. The van der Waals surface area contributed by atoms with Crippen molar-refractivity contribution in [1.82, 2.24) is 15.2 Å². The zero-order chi connectivity index (χ0) is 26.8. The summed E-state index contributed by atoms with van der Waals surface area (Å²) < 4.78 is 79.6. The molecule has 1 aromatic carbocycles. The Morgan fingerprint density at radius 3 is 2.31 bits per heavy atom. The smallest absolute Gasteiger partial charge is 0.435 e. The van der Waals surface area contributed by atoms with Crippen molar-refractivity contribution in [3.05, 3.63) is 64.6 Å². The number of hydrogen-bond acceptors (Lipinski definition) is 7. The number of carbonyl (C=O) groups excluding carboxylic acids is 2. The van der Waals surface area contributed by atoms with Gasteiger partial charge in [0, 0.05) is 11.9 Å². The van der Waals surface area contributed by atoms with Crippen LogP contribution in [0.4, 0.5) is 27.6 Å². The van der Waals surface area contributed by atoms with E-state index >= 15 is 0 Å². The van der Waals surface area contributed by atoms with Crippen molar-refractivity contribution in [2.24, 2.45) is 5.73 Å². The van der Waals surface area contributed by atoms with Crippen LogP contribution in [0.15, 0.2) is 30.5 Å². The molecule has 36 heavy (non-hydrogen) atoms. The monoisotopic (exact) mass is 511 g/mol. The van der Waals surface area contributed by atoms with E-state index in [0.717, 1.165) is 31.3 Å². The Morgan fingerprint density at radius 2 is 1.69 bits per heavy atom. The lowest BCUT2D eigenvalue weighted by Gasteiger charge is -2.17. The van der Waals surface area contributed by atoms with Crippen LogP contribution >= 0.6 is 0 Å². The largest absolute Gasteiger partial charge is 0.488 e. The Balaban J connectivity index is 2.06. The van der Waals surface area contributed by atoms with Crippen LogP contribution in [-0.2, 0) is 6.18 Å². The van der Waals surface area contributed by atoms with Gasteiger partial charge in [0.2, 0.25) is 11.6 Å². The number of pyridine rings is 1. The number of rotatable bonds is 7. The van der Waals surface area contributed by atoms with E-state index in [9.17, 15) is 31.5 Å². The van der Waals surface area contributed by atoms with E-state index in [4.69, 9.17) is 15.2 Å². The predicted molar refractivity (Wildman–Crippen MR) is 115 cm³/mol. The summed E-state index contributed by atoms with van der Waals surface area (Å²) in [5.74, 6) is -7.09. The molecule has 3 N–H and O–H groups in total. The fourth-order valence-corrected chi connectivity index (χ4v) is 2.99. The predicted octanol–water partition coefficient (Wildman–Crippen LogP) is 4.41. The normalized spacial score (nSPS) is 11.4. The van der Waals surface area contributed by atoms with Gasteiger partial charge in [-0.3, -0.25) is 14.6 Å². The highest BCUT2D eigenvalue weighted by molar-refractivity contribution is 6.07. The van der Waals surface area contributed by atoms with Crippen LogP contribution in [0.1, 0.15) is 46.0 Å². The molecule has 3 aromatic rings. The zero-order valence-electron chi connectivity index (χ0n) is 18.9. The van der Waals surface area contributed by atoms with Crippen molar-refractivity contribution in [2.75, 3.05) is 5.32 Å². The van der Waals surface area contributed by atoms with Gasteiger partial charge in [0.05, 0.1) is 6.10 Å². The molecule has 2 heterocycles. The number of alkyl halides is 3. The van der Waals surface area contributed by atoms with Gasteiger partial charge in [0.25, 0.3) is 17.7 Å². The fraction of sp³-hybridized carbons (Fsp3) is 0.227. The average molecular weight is 511 g/mol. The maximum atomic E-state index is 14.6. The Labute approximate surface area is 200 Å². The molecular formula is C22H18F5N5O4. The van der Waals surface area contributed by atoms with Crippen molar-refractivity contribution in [3.8, 4) is 17.4 Å². The third-order valence-corrected chi connectivity index (χ3v) is 4.53. The molecular weight excluding hydrogens is 493 g/mol. The first-order valence-electron chi connectivity index (χ1n) is 10.1. The van der Waals surface area contributed by atoms with Crippen molar-refractivity contribution in [2.45, 2.75) is 33.1 Å². The molecule has 0 saturated carbocycles. The van der Waals surface area contributed by atoms with Gasteiger partial charge in [-0.15, -0.1) is 10.2 Å². The first-order chi connectivity index (χ1) is 16.8. The second-order valence-electron chi connectivity index (χ2n) is 7.56. The lowest BCUT2D eigenvalue weighted by molar-refractivity contribution is -0.142. The summed E-state index contributed by atoms with van der Waals surface area (Å²) in [5, 5.41) is 8.61. The number of benzene rings is 1. The molecule has 3 rings (SSSR count). The first-order valence-corrected chi connectivity index (χ1v) is 10.1. The SMILES string of the molecule is Cc1c(C(F)(F)F)nnc(Oc2ccc(OC(C)C)c(F)c2F)c1C(=O)Nc1ccnc(C(N)=O)c1. The number of halogens is 5. The van der Waals surface area contributed by atoms with Crippen LogP contribution in [0.5, 0.6) is 17.4 Å². The highest BCUT2D eigenvalue weighted by Crippen LogP contribution is 2.36. The van der Waals surface area contributed by atoms with E-state index < -0.39 is 69.9 Å². The number of aromatic nitrogens is 3. The molecule has 0 spiro atoms. The molecule has 0 fully saturated rings. The van der Waals surface area contributed by atoms with Crippen LogP contribution < -0.4 is 20.5 Å². The minimum atomic E-state index is -4.99. The fourth-order valence-electron chi connectivity index (χ4n) is 2.99. The topological polar surface area (TPSA) is 129 Å². The number of nitrogens with two attached hydrogens (primary N) is 1. The highest BCUT2D eigenvalue weighted by Gasteiger charge is 2.38. The molecule has 14 heteroatoms. The number of carbonyl (C=O) groups is 2. The van der Waals surface area contributed by atoms with E-state index in [1.165, 1.54) is 6.07 Å². The van der Waals surface area contributed by atoms with E-state index in [1.807, 2.05) is 0 Å². The number of nitrogens with zero attached hydrogens (tertiary/aromatic N) is 3. The molecule has 0 bridgehead atoms. The number of amides is 2. The molecule has 0 aliphatic heterocycles. The van der Waals surface area contributed by atoms with Crippen LogP contribution in [-0.4, -0.2) is 33.1 Å². The number of ether oxygens (including phenoxy) is 2. The minimum Gasteiger partial charge on any atom is -0.488 e. The molecule has 0 aliphatic rings. The van der Waals surface area contributed by atoms with Crippen molar-refractivity contribution < 1.29 is 41.0 Å². The Morgan fingerprint density at radius 1 is 1.06 bits per heavy atom. The average Bonchev–Trinajstić information content (AvgIpc) is 2.78. The van der Waals surface area contributed by atoms with Crippen LogP contribution in [0.25, 0.3) is 0 Å². The summed E-state index contributed by atoms with van der Waals surface area (Å²) in [6.45, 7) is 4.10. The van der Waals surface area contributed by atoms with Gasteiger partial charge in [0.1, 0.15) is 11.3 Å². The summed E-state index contributed by atoms with van der Waals surface area (Å²) in [7, 11) is 0. The van der Waals surface area contributed by atoms with E-state index in [1.54, 1.807) is 13.8 Å². The highest BCUT2D eigenvalue weighted by atomic mass is 19.4. The second-order valence-corrected chi connectivity index (χ2v) is 7.56. The van der Waals surface area contributed by atoms with Crippen LogP contribution in [0.3, 0.4) is 0 Å². The summed E-state index contributed by atoms with van der Waals surface area (Å²) in [5.41, 5.74) is 1.89. The number of nitrogens with one attached hydrogen (secondary N) is 1. The van der Waals surface area contributed by atoms with Gasteiger partial charge < -0.3 is 20.5 Å². The molecule has 0 aliphatic carbocycles. The lowest BCUT2D eigenvalue weighted by atomic mass is 10.1. The standard InChI is InChI=1S/C22H18F5N5O4/c1-9(2)35-13-4-5-14(17(24)16(13)23)36-21-15(10(3)18(31-32-21)22(25,26)27)20(34)30-11-6-7-29-12(8-11)19(28)33/h4-9H,1-3H3,(H2,28,33)(H,29,30,34). The molecule has 0 unspecified atom stereocenters. The maximum absolute atomic E-state index is 14.6. The van der Waals surface area contributed by atoms with E-state index in [-0.39, 0.29) is 11.4 Å². The Hall–Kier alpha value is -4.36. The molecule has 2 aromatic heterocycles. The molecule has 2 amide bonds. The first kappa shape index (κ1) is 26.2. The van der Waals surface area contributed by atoms with Crippen molar-refractivity contribution >= 4 is 17.5 Å². The van der Waals surface area contributed by atoms with Crippen molar-refractivity contribution in [3.63, 3.8) is 0 Å². The third-order valence-electron chi connectivity index (χ3n) is 4.53. The second kappa shape index (κ2) is 10.1. The Kier molecular flexibility index (Phi) is 7.36. The molecule has 0 atom stereocenters. The molecule has 190 valence electrons. The van der Waals surface area contributed by atoms with E-state index in [0.29, 0.717) is 0 Å². The number of hydrogen-bond donors (Lipinski definition) is 2. The maximum Gasteiger partial charge on any atom is 0.435 e. The summed E-state index contributed by atoms with van der Waals surface area (Å²) in [6.07, 6.45) is -4.34. The summed E-state index contributed by atoms with van der Waals surface area (Å²) >= 11 is 0. The van der Waals surface area contributed by atoms with Gasteiger partial charge in [-0.25, -0.2) is 0 Å². The number of anilines is 1. The van der Waals surface area contributed by atoms with E-state index in [2.05, 4.69) is 20.5 Å². The lowest BCUT2D eigenvalue weighted by Crippen LogP contribution is -2.21. The quantitative estimate of drug-likeness (QED) is 0.450. The zero-order valence-corrected chi connectivity index (χ0v) is 18.9. The number of primary amides is 1. The summed E-state index contributed by atoms with van der Waals surface area (Å²) in [6, 6.07) is 4.31. The van der Waals surface area contributed by atoms with Gasteiger partial charge >= 0.3 is 6.18 Å². The van der Waals surface area contributed by atoms with Gasteiger partial charge in [-0.1, -0.05) is 0 Å².